The minimum Gasteiger partial charge on any atom is -0.490 e. The quantitative estimate of drug-likeness (QED) is 0.581. The predicted octanol–water partition coefficient (Wildman–Crippen LogP) is 5.69. The van der Waals surface area contributed by atoms with Gasteiger partial charge in [0, 0.05) is 11.1 Å². The van der Waals surface area contributed by atoms with Crippen LogP contribution in [0, 0.1) is 0 Å². The number of carbonyl (C=O) groups is 1. The van der Waals surface area contributed by atoms with Gasteiger partial charge in [0.2, 0.25) is 0 Å². The molecule has 1 N–H and O–H groups in total. The van der Waals surface area contributed by atoms with Gasteiger partial charge in [-0.2, -0.15) is 0 Å². The van der Waals surface area contributed by atoms with E-state index in [1.165, 1.54) is 0 Å². The van der Waals surface area contributed by atoms with Gasteiger partial charge >= 0.3 is 6.09 Å². The first-order valence-corrected chi connectivity index (χ1v) is 9.03. The summed E-state index contributed by atoms with van der Waals surface area (Å²) in [7, 11) is 0. The molecule has 7 heteroatoms. The highest BCUT2D eigenvalue weighted by atomic mass is 35.5. The Bertz CT molecular complexity index is 739. The van der Waals surface area contributed by atoms with Gasteiger partial charge in [0.25, 0.3) is 0 Å². The van der Waals surface area contributed by atoms with Crippen molar-refractivity contribution in [3.63, 3.8) is 0 Å². The van der Waals surface area contributed by atoms with Crippen LogP contribution in [0.2, 0.25) is 10.0 Å². The molecule has 0 fully saturated rings. The molecule has 0 bridgehead atoms. The van der Waals surface area contributed by atoms with Gasteiger partial charge in [0.05, 0.1) is 11.6 Å². The van der Waals surface area contributed by atoms with Gasteiger partial charge in [-0.05, 0) is 43.7 Å². The summed E-state index contributed by atoms with van der Waals surface area (Å²) in [5.74, 6) is 1.69. The third-order valence-corrected chi connectivity index (χ3v) is 3.98. The van der Waals surface area contributed by atoms with Gasteiger partial charge in [-0.25, -0.2) is 4.79 Å². The van der Waals surface area contributed by atoms with Crippen LogP contribution in [0.25, 0.3) is 0 Å². The van der Waals surface area contributed by atoms with Gasteiger partial charge in [0.15, 0.2) is 0 Å². The molecule has 2 rings (SSSR count). The number of alkyl carbamates (subject to hydrolysis) is 1. The highest BCUT2D eigenvalue weighted by molar-refractivity contribution is 6.32. The number of hydrogen-bond donors (Lipinski definition) is 1. The summed E-state index contributed by atoms with van der Waals surface area (Å²) in [6.45, 7) is 4.36. The first kappa shape index (κ1) is 20.2. The molecule has 1 unspecified atom stereocenters. The second kappa shape index (κ2) is 10.1. The molecule has 0 saturated carbocycles. The van der Waals surface area contributed by atoms with E-state index in [4.69, 9.17) is 37.4 Å². The van der Waals surface area contributed by atoms with Crippen molar-refractivity contribution in [1.82, 2.24) is 5.32 Å². The van der Waals surface area contributed by atoms with Crippen LogP contribution >= 0.6 is 23.2 Å². The van der Waals surface area contributed by atoms with E-state index in [-0.39, 0.29) is 12.7 Å². The summed E-state index contributed by atoms with van der Waals surface area (Å²) in [4.78, 5) is 11.5. The lowest BCUT2D eigenvalue weighted by Gasteiger charge is -2.13. The number of hydrogen-bond acceptors (Lipinski definition) is 4. The smallest absolute Gasteiger partial charge is 0.407 e. The van der Waals surface area contributed by atoms with Gasteiger partial charge in [-0.15, -0.1) is 0 Å². The third-order valence-electron chi connectivity index (χ3n) is 3.45. The number of rotatable bonds is 8. The number of ether oxygens (including phenoxy) is 3. The molecule has 0 radical (unpaired) electrons. The third kappa shape index (κ3) is 6.65. The summed E-state index contributed by atoms with van der Waals surface area (Å²) in [5, 5.41) is 3.62. The summed E-state index contributed by atoms with van der Waals surface area (Å²) in [6.07, 6.45) is 0.195. The molecule has 0 aliphatic rings. The molecular weight excluding hydrogens is 377 g/mol. The van der Waals surface area contributed by atoms with Crippen LogP contribution in [0.4, 0.5) is 4.79 Å². The average Bonchev–Trinajstić information content (AvgIpc) is 2.60. The highest BCUT2D eigenvalue weighted by Crippen LogP contribution is 2.31. The largest absolute Gasteiger partial charge is 0.490 e. The second-order valence-electron chi connectivity index (χ2n) is 5.55. The maximum atomic E-state index is 11.5. The van der Waals surface area contributed by atoms with Gasteiger partial charge in [-0.1, -0.05) is 36.2 Å². The standard InChI is InChI=1S/C19H21Cl2NO4/c1-3-13(2)25-19(23)22-9-10-24-18-8-7-16(12-17(18)21)26-15-6-4-5-14(20)11-15/h4-8,11-13H,3,9-10H2,1-2H3,(H,22,23). The van der Waals surface area contributed by atoms with Gasteiger partial charge < -0.3 is 19.5 Å². The molecule has 0 aliphatic carbocycles. The monoisotopic (exact) mass is 397 g/mol. The topological polar surface area (TPSA) is 56.8 Å². The molecule has 1 atom stereocenters. The Kier molecular flexibility index (Phi) is 7.88. The van der Waals surface area contributed by atoms with Crippen LogP contribution in [0.1, 0.15) is 20.3 Å². The summed E-state index contributed by atoms with van der Waals surface area (Å²) in [5.41, 5.74) is 0. The Morgan fingerprint density at radius 2 is 1.92 bits per heavy atom. The van der Waals surface area contributed by atoms with Crippen molar-refractivity contribution in [3.8, 4) is 17.2 Å². The molecule has 0 spiro atoms. The lowest BCUT2D eigenvalue weighted by atomic mass is 10.3. The fourth-order valence-corrected chi connectivity index (χ4v) is 2.36. The van der Waals surface area contributed by atoms with Crippen LogP contribution in [-0.2, 0) is 4.74 Å². The van der Waals surface area contributed by atoms with E-state index in [2.05, 4.69) is 5.32 Å². The molecule has 0 saturated heterocycles. The lowest BCUT2D eigenvalue weighted by Crippen LogP contribution is -2.31. The van der Waals surface area contributed by atoms with E-state index >= 15 is 0 Å². The summed E-state index contributed by atoms with van der Waals surface area (Å²) < 4.78 is 16.4. The molecule has 26 heavy (non-hydrogen) atoms. The average molecular weight is 398 g/mol. The number of nitrogens with one attached hydrogen (secondary N) is 1. The number of benzene rings is 2. The molecule has 140 valence electrons. The fourth-order valence-electron chi connectivity index (χ4n) is 1.95. The molecule has 0 aromatic heterocycles. The van der Waals surface area contributed by atoms with Gasteiger partial charge in [-0.3, -0.25) is 0 Å². The van der Waals surface area contributed by atoms with E-state index in [1.54, 1.807) is 42.5 Å². The molecule has 0 heterocycles. The number of amides is 1. The van der Waals surface area contributed by atoms with Crippen LogP contribution in [0.3, 0.4) is 0 Å². The van der Waals surface area contributed by atoms with Gasteiger partial charge in [0.1, 0.15) is 30.0 Å². The predicted molar refractivity (Wildman–Crippen MR) is 103 cm³/mol. The van der Waals surface area contributed by atoms with Crippen molar-refractivity contribution in [2.24, 2.45) is 0 Å². The van der Waals surface area contributed by atoms with Crippen molar-refractivity contribution in [2.45, 2.75) is 26.4 Å². The van der Waals surface area contributed by atoms with Crippen molar-refractivity contribution in [3.05, 3.63) is 52.5 Å². The maximum absolute atomic E-state index is 11.5. The van der Waals surface area contributed by atoms with E-state index in [1.807, 2.05) is 13.8 Å². The molecule has 5 nitrogen and oxygen atoms in total. The highest BCUT2D eigenvalue weighted by Gasteiger charge is 2.08. The Morgan fingerprint density at radius 3 is 2.62 bits per heavy atom. The van der Waals surface area contributed by atoms with E-state index in [0.29, 0.717) is 33.8 Å². The van der Waals surface area contributed by atoms with Crippen molar-refractivity contribution >= 4 is 29.3 Å². The molecular formula is C19H21Cl2NO4. The molecule has 2 aromatic rings. The zero-order valence-corrected chi connectivity index (χ0v) is 16.1. The molecule has 0 aliphatic heterocycles. The van der Waals surface area contributed by atoms with Crippen LogP contribution in [-0.4, -0.2) is 25.3 Å². The minimum atomic E-state index is -0.459. The number of carbonyl (C=O) groups excluding carboxylic acids is 1. The first-order chi connectivity index (χ1) is 12.5. The minimum absolute atomic E-state index is 0.114. The van der Waals surface area contributed by atoms with Crippen LogP contribution in [0.5, 0.6) is 17.2 Å². The molecule has 2 aromatic carbocycles. The Balaban J connectivity index is 1.81. The lowest BCUT2D eigenvalue weighted by molar-refractivity contribution is 0.103. The van der Waals surface area contributed by atoms with E-state index < -0.39 is 6.09 Å². The zero-order valence-electron chi connectivity index (χ0n) is 14.6. The maximum Gasteiger partial charge on any atom is 0.407 e. The Hall–Kier alpha value is -2.11. The molecule has 1 amide bonds. The SMILES string of the molecule is CCC(C)OC(=O)NCCOc1ccc(Oc2cccc(Cl)c2)cc1Cl. The number of halogens is 2. The summed E-state index contributed by atoms with van der Waals surface area (Å²) >= 11 is 12.1. The van der Waals surface area contributed by atoms with Crippen LogP contribution in [0.15, 0.2) is 42.5 Å². The van der Waals surface area contributed by atoms with E-state index in [0.717, 1.165) is 6.42 Å². The Labute approximate surface area is 163 Å². The zero-order chi connectivity index (χ0) is 18.9. The second-order valence-corrected chi connectivity index (χ2v) is 6.39. The van der Waals surface area contributed by atoms with Crippen molar-refractivity contribution < 1.29 is 19.0 Å². The van der Waals surface area contributed by atoms with Crippen LogP contribution < -0.4 is 14.8 Å². The van der Waals surface area contributed by atoms with E-state index in [9.17, 15) is 4.79 Å². The van der Waals surface area contributed by atoms with Crippen molar-refractivity contribution in [1.29, 1.82) is 0 Å². The summed E-state index contributed by atoms with van der Waals surface area (Å²) in [6, 6.07) is 12.2. The normalized spacial score (nSPS) is 11.5. The fraction of sp³-hybridized carbons (Fsp3) is 0.316. The Morgan fingerprint density at radius 1 is 1.15 bits per heavy atom. The van der Waals surface area contributed by atoms with Crippen molar-refractivity contribution in [2.75, 3.05) is 13.2 Å². The first-order valence-electron chi connectivity index (χ1n) is 8.28.